The Labute approximate surface area is 203 Å². The molecular weight excluding hydrogens is 444 g/mol. The fraction of sp³-hybridized carbons (Fsp3) is 0.321. The molecule has 0 aliphatic carbocycles. The van der Waals surface area contributed by atoms with E-state index in [-0.39, 0.29) is 28.8 Å². The van der Waals surface area contributed by atoms with Crippen LogP contribution in [-0.2, 0) is 20.2 Å². The van der Waals surface area contributed by atoms with Crippen LogP contribution in [0, 0.1) is 13.8 Å². The molecular formula is C28H34N2O3S. The molecule has 0 bridgehead atoms. The first-order chi connectivity index (χ1) is 16.0. The molecule has 3 rings (SSSR count). The van der Waals surface area contributed by atoms with Crippen molar-refractivity contribution in [3.63, 3.8) is 0 Å². The lowest BCUT2D eigenvalue weighted by Crippen LogP contribution is -2.45. The summed E-state index contributed by atoms with van der Waals surface area (Å²) in [5, 5.41) is 3.02. The number of aryl methyl sites for hydroxylation is 2. The van der Waals surface area contributed by atoms with Gasteiger partial charge in [0.15, 0.2) is 0 Å². The van der Waals surface area contributed by atoms with E-state index in [9.17, 15) is 13.2 Å². The molecule has 0 aliphatic rings. The van der Waals surface area contributed by atoms with Crippen LogP contribution in [0.3, 0.4) is 0 Å². The Morgan fingerprint density at radius 2 is 1.53 bits per heavy atom. The van der Waals surface area contributed by atoms with Gasteiger partial charge in [0.1, 0.15) is 6.54 Å². The summed E-state index contributed by atoms with van der Waals surface area (Å²) in [6, 6.07) is 23.9. The minimum Gasteiger partial charge on any atom is -0.352 e. The van der Waals surface area contributed by atoms with E-state index in [2.05, 4.69) is 31.3 Å². The Morgan fingerprint density at radius 1 is 0.941 bits per heavy atom. The molecule has 0 spiro atoms. The van der Waals surface area contributed by atoms with Crippen molar-refractivity contribution in [1.29, 1.82) is 0 Å². The zero-order valence-electron chi connectivity index (χ0n) is 20.6. The molecule has 1 amide bonds. The summed E-state index contributed by atoms with van der Waals surface area (Å²) >= 11 is 0. The van der Waals surface area contributed by atoms with E-state index in [1.165, 1.54) is 9.87 Å². The number of benzene rings is 3. The largest absolute Gasteiger partial charge is 0.352 e. The molecule has 0 fully saturated rings. The highest BCUT2D eigenvalue weighted by molar-refractivity contribution is 7.92. The van der Waals surface area contributed by atoms with Gasteiger partial charge in [0.25, 0.3) is 10.0 Å². The van der Waals surface area contributed by atoms with Crippen LogP contribution >= 0.6 is 0 Å². The van der Waals surface area contributed by atoms with Gasteiger partial charge in [-0.1, -0.05) is 74.5 Å². The zero-order valence-corrected chi connectivity index (χ0v) is 21.4. The third-order valence-electron chi connectivity index (χ3n) is 6.03. The fourth-order valence-electron chi connectivity index (χ4n) is 4.28. The van der Waals surface area contributed by atoms with Gasteiger partial charge in [-0.3, -0.25) is 9.10 Å². The van der Waals surface area contributed by atoms with E-state index in [1.54, 1.807) is 30.3 Å². The number of carbonyl (C=O) groups excluding carboxylic acids is 1. The summed E-state index contributed by atoms with van der Waals surface area (Å²) in [6.07, 6.45) is 0.720. The maximum absolute atomic E-state index is 13.6. The number of carbonyl (C=O) groups is 1. The predicted octanol–water partition coefficient (Wildman–Crippen LogP) is 5.37. The zero-order chi connectivity index (χ0) is 24.9. The lowest BCUT2D eigenvalue weighted by Gasteiger charge is -2.30. The summed E-state index contributed by atoms with van der Waals surface area (Å²) < 4.78 is 28.4. The van der Waals surface area contributed by atoms with Crippen molar-refractivity contribution < 1.29 is 13.2 Å². The van der Waals surface area contributed by atoms with Crippen LogP contribution in [-0.4, -0.2) is 26.9 Å². The molecule has 0 saturated heterocycles. The van der Waals surface area contributed by atoms with Crippen LogP contribution in [0.25, 0.3) is 0 Å². The number of nitrogens with zero attached hydrogens (tertiary/aromatic N) is 1. The van der Waals surface area contributed by atoms with E-state index in [0.717, 1.165) is 17.5 Å². The molecule has 0 aromatic heterocycles. The molecule has 0 saturated carbocycles. The van der Waals surface area contributed by atoms with Crippen molar-refractivity contribution in [2.24, 2.45) is 0 Å². The molecule has 5 nitrogen and oxygen atoms in total. The molecule has 180 valence electrons. The first kappa shape index (κ1) is 25.5. The van der Waals surface area contributed by atoms with E-state index < -0.39 is 10.0 Å². The number of nitrogens with one attached hydrogen (secondary N) is 1. The Hall–Kier alpha value is -3.12. The van der Waals surface area contributed by atoms with Crippen molar-refractivity contribution in [2.45, 2.75) is 57.4 Å². The average Bonchev–Trinajstić information content (AvgIpc) is 2.80. The fourth-order valence-corrected chi connectivity index (χ4v) is 5.78. The van der Waals surface area contributed by atoms with Crippen molar-refractivity contribution in [2.75, 3.05) is 10.8 Å². The average molecular weight is 479 g/mol. The van der Waals surface area contributed by atoms with Gasteiger partial charge in [0.2, 0.25) is 5.91 Å². The van der Waals surface area contributed by atoms with Crippen LogP contribution < -0.4 is 9.62 Å². The van der Waals surface area contributed by atoms with E-state index in [1.807, 2.05) is 57.2 Å². The second-order valence-electron chi connectivity index (χ2n) is 9.54. The summed E-state index contributed by atoms with van der Waals surface area (Å²) in [5.41, 5.74) is 3.27. The van der Waals surface area contributed by atoms with Gasteiger partial charge >= 0.3 is 0 Å². The lowest BCUT2D eigenvalue weighted by atomic mass is 9.79. The molecule has 1 unspecified atom stereocenters. The van der Waals surface area contributed by atoms with E-state index in [0.29, 0.717) is 5.69 Å². The number of hydrogen-bond acceptors (Lipinski definition) is 3. The number of rotatable bonds is 9. The van der Waals surface area contributed by atoms with Crippen LogP contribution in [0.2, 0.25) is 0 Å². The minimum atomic E-state index is -3.93. The normalized spacial score (nSPS) is 12.7. The highest BCUT2D eigenvalue weighted by Gasteiger charge is 2.30. The quantitative estimate of drug-likeness (QED) is 0.450. The molecule has 0 radical (unpaired) electrons. The van der Waals surface area contributed by atoms with Crippen molar-refractivity contribution >= 4 is 21.6 Å². The van der Waals surface area contributed by atoms with Gasteiger partial charge in [-0.05, 0) is 67.5 Å². The number of amides is 1. The number of hydrogen-bond donors (Lipinski definition) is 1. The van der Waals surface area contributed by atoms with Crippen LogP contribution in [0.4, 0.5) is 5.69 Å². The standard InChI is InChI=1S/C28H34N2O3S/c1-21-16-17-22(2)26(18-21)30(34(32,33)25-14-10-7-11-15-25)20-27(31)29-23(3)19-28(4,5)24-12-8-6-9-13-24/h6-18,23H,19-20H2,1-5H3,(H,29,31). The highest BCUT2D eigenvalue weighted by Crippen LogP contribution is 2.29. The predicted molar refractivity (Wildman–Crippen MR) is 139 cm³/mol. The van der Waals surface area contributed by atoms with Gasteiger partial charge in [-0.25, -0.2) is 8.42 Å². The highest BCUT2D eigenvalue weighted by atomic mass is 32.2. The first-order valence-corrected chi connectivity index (χ1v) is 12.9. The molecule has 34 heavy (non-hydrogen) atoms. The minimum absolute atomic E-state index is 0.136. The van der Waals surface area contributed by atoms with E-state index >= 15 is 0 Å². The molecule has 0 heterocycles. The maximum Gasteiger partial charge on any atom is 0.264 e. The van der Waals surface area contributed by atoms with Gasteiger partial charge in [0.05, 0.1) is 10.6 Å². The van der Waals surface area contributed by atoms with Gasteiger partial charge in [-0.15, -0.1) is 0 Å². The Bertz CT molecular complexity index is 1220. The van der Waals surface area contributed by atoms with Gasteiger partial charge < -0.3 is 5.32 Å². The van der Waals surface area contributed by atoms with Crippen LogP contribution in [0.1, 0.15) is 43.9 Å². The summed E-state index contributed by atoms with van der Waals surface area (Å²) in [4.78, 5) is 13.3. The topological polar surface area (TPSA) is 66.5 Å². The summed E-state index contributed by atoms with van der Waals surface area (Å²) in [7, 11) is -3.93. The Morgan fingerprint density at radius 3 is 2.15 bits per heavy atom. The molecule has 6 heteroatoms. The second-order valence-corrected chi connectivity index (χ2v) is 11.4. The Balaban J connectivity index is 1.84. The van der Waals surface area contributed by atoms with Crippen LogP contribution in [0.5, 0.6) is 0 Å². The molecule has 1 atom stereocenters. The third-order valence-corrected chi connectivity index (χ3v) is 7.80. The molecule has 0 aliphatic heterocycles. The number of sulfonamides is 1. The van der Waals surface area contributed by atoms with Gasteiger partial charge in [0, 0.05) is 6.04 Å². The summed E-state index contributed by atoms with van der Waals surface area (Å²) in [5.74, 6) is -0.336. The van der Waals surface area contributed by atoms with Crippen molar-refractivity contribution in [3.8, 4) is 0 Å². The molecule has 3 aromatic rings. The number of anilines is 1. The van der Waals surface area contributed by atoms with Crippen molar-refractivity contribution in [1.82, 2.24) is 5.32 Å². The third kappa shape index (κ3) is 6.06. The lowest BCUT2D eigenvalue weighted by molar-refractivity contribution is -0.120. The smallest absolute Gasteiger partial charge is 0.264 e. The monoisotopic (exact) mass is 478 g/mol. The van der Waals surface area contributed by atoms with Crippen molar-refractivity contribution in [3.05, 3.63) is 95.6 Å². The maximum atomic E-state index is 13.6. The SMILES string of the molecule is Cc1ccc(C)c(N(CC(=O)NC(C)CC(C)(C)c2ccccc2)S(=O)(=O)c2ccccc2)c1. The van der Waals surface area contributed by atoms with Crippen LogP contribution in [0.15, 0.2) is 83.8 Å². The van der Waals surface area contributed by atoms with Gasteiger partial charge in [-0.2, -0.15) is 0 Å². The van der Waals surface area contributed by atoms with E-state index in [4.69, 9.17) is 0 Å². The Kier molecular flexibility index (Phi) is 7.82. The second kappa shape index (κ2) is 10.4. The molecule has 3 aromatic carbocycles. The molecule has 1 N–H and O–H groups in total. The first-order valence-electron chi connectivity index (χ1n) is 11.5. The summed E-state index contributed by atoms with van der Waals surface area (Å²) in [6.45, 7) is 9.71.